The minimum absolute atomic E-state index is 0.0850. The van der Waals surface area contributed by atoms with E-state index in [1.54, 1.807) is 6.92 Å². The van der Waals surface area contributed by atoms with Crippen LogP contribution < -0.4 is 0 Å². The molecule has 2 aromatic heterocycles. The van der Waals surface area contributed by atoms with Crippen LogP contribution in [0.4, 0.5) is 0 Å². The zero-order valence-electron chi connectivity index (χ0n) is 8.88. The van der Waals surface area contributed by atoms with E-state index in [1.807, 2.05) is 0 Å². The van der Waals surface area contributed by atoms with Crippen molar-refractivity contribution in [2.75, 3.05) is 6.61 Å². The van der Waals surface area contributed by atoms with Crippen LogP contribution in [0.2, 0.25) is 5.15 Å². The molecule has 0 atom stereocenters. The molecule has 0 saturated carbocycles. The van der Waals surface area contributed by atoms with Crippen LogP contribution in [0.1, 0.15) is 17.4 Å². The largest absolute Gasteiger partial charge is 0.461 e. The summed E-state index contributed by atoms with van der Waals surface area (Å²) in [5.74, 6) is -0.367. The standard InChI is InChI=1S/C10H8ClN3O3/c1-2-16-10(15)7-4-17-9(14-7)6-3-12-5-13-8(6)11/h3-5H,2H2,1H3. The van der Waals surface area contributed by atoms with Gasteiger partial charge in [-0.2, -0.15) is 0 Å². The molecule has 0 aliphatic heterocycles. The fraction of sp³-hybridized carbons (Fsp3) is 0.200. The maximum absolute atomic E-state index is 11.4. The lowest BCUT2D eigenvalue weighted by atomic mass is 10.3. The SMILES string of the molecule is CCOC(=O)c1coc(-c2cncnc2Cl)n1. The molecule has 0 aliphatic rings. The van der Waals surface area contributed by atoms with Crippen molar-refractivity contribution in [2.45, 2.75) is 6.92 Å². The van der Waals surface area contributed by atoms with E-state index in [1.165, 1.54) is 18.8 Å². The topological polar surface area (TPSA) is 78.1 Å². The third-order valence-electron chi connectivity index (χ3n) is 1.88. The summed E-state index contributed by atoms with van der Waals surface area (Å²) in [4.78, 5) is 22.9. The van der Waals surface area contributed by atoms with Crippen LogP contribution in [0.5, 0.6) is 0 Å². The van der Waals surface area contributed by atoms with Crippen LogP contribution in [0.15, 0.2) is 23.2 Å². The summed E-state index contributed by atoms with van der Waals surface area (Å²) in [5, 5.41) is 0.206. The van der Waals surface area contributed by atoms with Crippen LogP contribution in [-0.2, 0) is 4.74 Å². The molecule has 2 heterocycles. The molecule has 2 rings (SSSR count). The highest BCUT2D eigenvalue weighted by Gasteiger charge is 2.16. The number of ether oxygens (including phenoxy) is 1. The number of halogens is 1. The summed E-state index contributed by atoms with van der Waals surface area (Å²) in [6.07, 6.45) is 3.97. The van der Waals surface area contributed by atoms with Gasteiger partial charge in [0.15, 0.2) is 5.69 Å². The van der Waals surface area contributed by atoms with Crippen molar-refractivity contribution in [1.29, 1.82) is 0 Å². The van der Waals surface area contributed by atoms with Crippen molar-refractivity contribution in [3.8, 4) is 11.5 Å². The molecular weight excluding hydrogens is 246 g/mol. The number of esters is 1. The molecule has 0 amide bonds. The molecule has 0 radical (unpaired) electrons. The molecule has 0 saturated heterocycles. The first-order valence-corrected chi connectivity index (χ1v) is 5.18. The lowest BCUT2D eigenvalue weighted by Gasteiger charge is -1.96. The molecular formula is C10H8ClN3O3. The van der Waals surface area contributed by atoms with Crippen molar-refractivity contribution in [3.63, 3.8) is 0 Å². The predicted octanol–water partition coefficient (Wildman–Crippen LogP) is 1.96. The Labute approximate surface area is 102 Å². The van der Waals surface area contributed by atoms with Gasteiger partial charge in [-0.1, -0.05) is 11.6 Å². The van der Waals surface area contributed by atoms with Gasteiger partial charge in [-0.25, -0.2) is 19.7 Å². The summed E-state index contributed by atoms with van der Waals surface area (Å²) in [5.41, 5.74) is 0.506. The van der Waals surface area contributed by atoms with Crippen molar-refractivity contribution in [1.82, 2.24) is 15.0 Å². The Hall–Kier alpha value is -1.95. The van der Waals surface area contributed by atoms with Gasteiger partial charge in [-0.15, -0.1) is 0 Å². The number of aromatic nitrogens is 3. The Morgan fingerprint density at radius 2 is 2.41 bits per heavy atom. The van der Waals surface area contributed by atoms with Gasteiger partial charge in [0.2, 0.25) is 5.89 Å². The highest BCUT2D eigenvalue weighted by molar-refractivity contribution is 6.31. The highest BCUT2D eigenvalue weighted by Crippen LogP contribution is 2.24. The normalized spacial score (nSPS) is 10.2. The number of hydrogen-bond donors (Lipinski definition) is 0. The first-order chi connectivity index (χ1) is 8.22. The smallest absolute Gasteiger partial charge is 0.360 e. The van der Waals surface area contributed by atoms with Gasteiger partial charge < -0.3 is 9.15 Å². The highest BCUT2D eigenvalue weighted by atomic mass is 35.5. The Morgan fingerprint density at radius 3 is 3.12 bits per heavy atom. The molecule has 0 N–H and O–H groups in total. The molecule has 0 unspecified atom stereocenters. The van der Waals surface area contributed by atoms with Gasteiger partial charge in [-0.05, 0) is 6.92 Å². The molecule has 0 aromatic carbocycles. The van der Waals surface area contributed by atoms with Crippen molar-refractivity contribution in [3.05, 3.63) is 29.6 Å². The lowest BCUT2D eigenvalue weighted by Crippen LogP contribution is -2.04. The average molecular weight is 254 g/mol. The number of oxazole rings is 1. The molecule has 17 heavy (non-hydrogen) atoms. The van der Waals surface area contributed by atoms with E-state index in [0.29, 0.717) is 5.56 Å². The fourth-order valence-electron chi connectivity index (χ4n) is 1.15. The number of carbonyl (C=O) groups is 1. The van der Waals surface area contributed by atoms with Gasteiger partial charge in [0.25, 0.3) is 0 Å². The first-order valence-electron chi connectivity index (χ1n) is 4.81. The van der Waals surface area contributed by atoms with Crippen LogP contribution in [-0.4, -0.2) is 27.5 Å². The van der Waals surface area contributed by atoms with E-state index in [0.717, 1.165) is 0 Å². The number of carbonyl (C=O) groups excluding carboxylic acids is 1. The predicted molar refractivity (Wildman–Crippen MR) is 58.5 cm³/mol. The second-order valence-corrected chi connectivity index (χ2v) is 3.34. The minimum atomic E-state index is -0.546. The quantitative estimate of drug-likeness (QED) is 0.615. The summed E-state index contributed by atoms with van der Waals surface area (Å²) in [6, 6.07) is 0. The maximum atomic E-state index is 11.4. The molecule has 0 fully saturated rings. The molecule has 88 valence electrons. The van der Waals surface area contributed by atoms with E-state index < -0.39 is 5.97 Å². The van der Waals surface area contributed by atoms with Crippen LogP contribution in [0.3, 0.4) is 0 Å². The summed E-state index contributed by atoms with van der Waals surface area (Å²) >= 11 is 5.84. The zero-order chi connectivity index (χ0) is 12.3. The molecule has 0 bridgehead atoms. The molecule has 0 spiro atoms. The van der Waals surface area contributed by atoms with E-state index in [9.17, 15) is 4.79 Å². The monoisotopic (exact) mass is 253 g/mol. The Morgan fingerprint density at radius 1 is 1.59 bits per heavy atom. The van der Waals surface area contributed by atoms with Crippen LogP contribution in [0.25, 0.3) is 11.5 Å². The van der Waals surface area contributed by atoms with Crippen molar-refractivity contribution in [2.24, 2.45) is 0 Å². The second-order valence-electron chi connectivity index (χ2n) is 2.99. The Bertz CT molecular complexity index is 541. The van der Waals surface area contributed by atoms with E-state index in [-0.39, 0.29) is 23.3 Å². The summed E-state index contributed by atoms with van der Waals surface area (Å²) in [7, 11) is 0. The van der Waals surface area contributed by atoms with Gasteiger partial charge in [0, 0.05) is 6.20 Å². The van der Waals surface area contributed by atoms with Gasteiger partial charge in [-0.3, -0.25) is 0 Å². The average Bonchev–Trinajstić information content (AvgIpc) is 2.79. The first kappa shape index (κ1) is 11.5. The number of rotatable bonds is 3. The zero-order valence-corrected chi connectivity index (χ0v) is 9.64. The Balaban J connectivity index is 2.30. The van der Waals surface area contributed by atoms with Crippen molar-refractivity contribution >= 4 is 17.6 Å². The summed E-state index contributed by atoms with van der Waals surface area (Å²) in [6.45, 7) is 1.98. The van der Waals surface area contributed by atoms with Crippen LogP contribution >= 0.6 is 11.6 Å². The minimum Gasteiger partial charge on any atom is -0.461 e. The van der Waals surface area contributed by atoms with E-state index in [2.05, 4.69) is 15.0 Å². The molecule has 0 aliphatic carbocycles. The van der Waals surface area contributed by atoms with Crippen LogP contribution in [0, 0.1) is 0 Å². The lowest BCUT2D eigenvalue weighted by molar-refractivity contribution is 0.0519. The maximum Gasteiger partial charge on any atom is 0.360 e. The Kier molecular flexibility index (Phi) is 3.34. The molecule has 7 heteroatoms. The second kappa shape index (κ2) is 4.92. The molecule has 6 nitrogen and oxygen atoms in total. The number of nitrogens with zero attached hydrogens (tertiary/aromatic N) is 3. The molecule has 2 aromatic rings. The van der Waals surface area contributed by atoms with Gasteiger partial charge >= 0.3 is 5.97 Å². The van der Waals surface area contributed by atoms with Gasteiger partial charge in [0.1, 0.15) is 17.7 Å². The third kappa shape index (κ3) is 2.42. The van der Waals surface area contributed by atoms with E-state index >= 15 is 0 Å². The summed E-state index contributed by atoms with van der Waals surface area (Å²) < 4.78 is 9.90. The third-order valence-corrected chi connectivity index (χ3v) is 2.18. The fourth-order valence-corrected chi connectivity index (χ4v) is 1.33. The van der Waals surface area contributed by atoms with Gasteiger partial charge in [0.05, 0.1) is 12.2 Å². The van der Waals surface area contributed by atoms with E-state index in [4.69, 9.17) is 20.8 Å². The number of hydrogen-bond acceptors (Lipinski definition) is 6. The van der Waals surface area contributed by atoms with Crippen molar-refractivity contribution < 1.29 is 13.9 Å².